The van der Waals surface area contributed by atoms with E-state index >= 15 is 0 Å². The van der Waals surface area contributed by atoms with Gasteiger partial charge < -0.3 is 4.90 Å². The molecular weight excluding hydrogens is 282 g/mol. The second-order valence-corrected chi connectivity index (χ2v) is 5.45. The Bertz CT molecular complexity index is 610. The van der Waals surface area contributed by atoms with Crippen LogP contribution < -0.4 is 4.90 Å². The molecule has 0 fully saturated rings. The minimum Gasteiger partial charge on any atom is -0.320 e. The molecular formula is C12H12ClN5S. The van der Waals surface area contributed by atoms with E-state index in [1.54, 1.807) is 28.8 Å². The lowest BCUT2D eigenvalue weighted by Gasteiger charge is -2.15. The van der Waals surface area contributed by atoms with Crippen LogP contribution in [-0.2, 0) is 0 Å². The average molecular weight is 294 g/mol. The van der Waals surface area contributed by atoms with Gasteiger partial charge in [0.2, 0.25) is 0 Å². The van der Waals surface area contributed by atoms with E-state index in [0.29, 0.717) is 5.15 Å². The predicted molar refractivity (Wildman–Crippen MR) is 79.5 cm³/mol. The lowest BCUT2D eigenvalue weighted by molar-refractivity contribution is 0.874. The quantitative estimate of drug-likeness (QED) is 0.853. The number of hydrogen-bond donors (Lipinski definition) is 0. The minimum atomic E-state index is 0.460. The number of aromatic nitrogens is 3. The zero-order chi connectivity index (χ0) is 13.2. The van der Waals surface area contributed by atoms with E-state index in [4.69, 9.17) is 11.6 Å². The summed E-state index contributed by atoms with van der Waals surface area (Å²) < 4.78 is 1.72. The van der Waals surface area contributed by atoms with Crippen molar-refractivity contribution in [3.63, 3.8) is 0 Å². The standard InChI is InChI=1S/C12H12ClN5S/c1-17(12-15-5-6-19-12)10-8-18(16-11(10)13)9-3-2-4-14-7-9/h2-4,7-8H,5-6H2,1H3. The van der Waals surface area contributed by atoms with Crippen LogP contribution in [0.4, 0.5) is 5.69 Å². The number of thioether (sulfide) groups is 1. The largest absolute Gasteiger partial charge is 0.320 e. The van der Waals surface area contributed by atoms with Crippen molar-refractivity contribution in [3.05, 3.63) is 35.9 Å². The zero-order valence-electron chi connectivity index (χ0n) is 10.3. The molecule has 0 saturated carbocycles. The number of hydrogen-bond acceptors (Lipinski definition) is 5. The van der Waals surface area contributed by atoms with E-state index in [2.05, 4.69) is 15.1 Å². The van der Waals surface area contributed by atoms with Gasteiger partial charge >= 0.3 is 0 Å². The van der Waals surface area contributed by atoms with Gasteiger partial charge in [0.25, 0.3) is 0 Å². The Morgan fingerprint density at radius 3 is 3.05 bits per heavy atom. The molecule has 3 rings (SSSR count). The Balaban J connectivity index is 1.93. The monoisotopic (exact) mass is 293 g/mol. The van der Waals surface area contributed by atoms with Gasteiger partial charge in [-0.05, 0) is 12.1 Å². The second-order valence-electron chi connectivity index (χ2n) is 4.03. The summed E-state index contributed by atoms with van der Waals surface area (Å²) in [5.74, 6) is 1.02. The summed E-state index contributed by atoms with van der Waals surface area (Å²) in [5, 5.41) is 5.75. The van der Waals surface area contributed by atoms with Crippen molar-refractivity contribution in [2.45, 2.75) is 0 Å². The van der Waals surface area contributed by atoms with Gasteiger partial charge in [0.05, 0.1) is 24.6 Å². The highest BCUT2D eigenvalue weighted by molar-refractivity contribution is 8.14. The molecule has 0 aromatic carbocycles. The van der Waals surface area contributed by atoms with Crippen LogP contribution in [0.2, 0.25) is 5.15 Å². The minimum absolute atomic E-state index is 0.460. The van der Waals surface area contributed by atoms with E-state index in [0.717, 1.165) is 28.8 Å². The highest BCUT2D eigenvalue weighted by Gasteiger charge is 2.19. The molecule has 0 atom stereocenters. The molecule has 1 aliphatic rings. The van der Waals surface area contributed by atoms with Gasteiger partial charge in [-0.3, -0.25) is 9.98 Å². The molecule has 0 aliphatic carbocycles. The maximum absolute atomic E-state index is 6.21. The summed E-state index contributed by atoms with van der Waals surface area (Å²) in [6.45, 7) is 0.860. The van der Waals surface area contributed by atoms with Gasteiger partial charge in [0, 0.05) is 19.0 Å². The van der Waals surface area contributed by atoms with Crippen molar-refractivity contribution in [2.75, 3.05) is 24.2 Å². The van der Waals surface area contributed by atoms with E-state index in [1.807, 2.05) is 30.3 Å². The molecule has 98 valence electrons. The predicted octanol–water partition coefficient (Wildman–Crippen LogP) is 2.46. The molecule has 0 saturated heterocycles. The van der Waals surface area contributed by atoms with Crippen molar-refractivity contribution < 1.29 is 0 Å². The highest BCUT2D eigenvalue weighted by atomic mass is 35.5. The Morgan fingerprint density at radius 2 is 2.37 bits per heavy atom. The van der Waals surface area contributed by atoms with Crippen LogP contribution in [0.3, 0.4) is 0 Å². The molecule has 0 amide bonds. The first kappa shape index (κ1) is 12.5. The van der Waals surface area contributed by atoms with Gasteiger partial charge in [-0.15, -0.1) is 0 Å². The first-order chi connectivity index (χ1) is 9.25. The third-order valence-electron chi connectivity index (χ3n) is 2.78. The maximum atomic E-state index is 6.21. The molecule has 0 unspecified atom stereocenters. The van der Waals surface area contributed by atoms with Crippen LogP contribution in [0, 0.1) is 0 Å². The molecule has 2 aromatic heterocycles. The Morgan fingerprint density at radius 1 is 1.47 bits per heavy atom. The fourth-order valence-corrected chi connectivity index (χ4v) is 2.92. The van der Waals surface area contributed by atoms with Crippen molar-refractivity contribution >= 4 is 34.2 Å². The van der Waals surface area contributed by atoms with E-state index in [1.165, 1.54) is 0 Å². The normalized spacial score (nSPS) is 14.5. The summed E-state index contributed by atoms with van der Waals surface area (Å²) >= 11 is 7.94. The van der Waals surface area contributed by atoms with Crippen LogP contribution in [0.1, 0.15) is 0 Å². The third kappa shape index (κ3) is 2.46. The number of nitrogens with zero attached hydrogens (tertiary/aromatic N) is 5. The number of amidine groups is 1. The smallest absolute Gasteiger partial charge is 0.175 e. The Hall–Kier alpha value is -1.53. The first-order valence-corrected chi connectivity index (χ1v) is 7.18. The van der Waals surface area contributed by atoms with Crippen molar-refractivity contribution in [2.24, 2.45) is 4.99 Å². The molecule has 3 heterocycles. The van der Waals surface area contributed by atoms with E-state index < -0.39 is 0 Å². The third-order valence-corrected chi connectivity index (χ3v) is 4.10. The second kappa shape index (κ2) is 5.22. The molecule has 0 bridgehead atoms. The van der Waals surface area contributed by atoms with Gasteiger partial charge in [-0.2, -0.15) is 5.10 Å². The molecule has 19 heavy (non-hydrogen) atoms. The lowest BCUT2D eigenvalue weighted by atomic mass is 10.4. The van der Waals surface area contributed by atoms with Crippen molar-refractivity contribution in [3.8, 4) is 5.69 Å². The van der Waals surface area contributed by atoms with Crippen LogP contribution in [0.5, 0.6) is 0 Å². The first-order valence-electron chi connectivity index (χ1n) is 5.82. The number of rotatable bonds is 2. The summed E-state index contributed by atoms with van der Waals surface area (Å²) in [7, 11) is 1.95. The fraction of sp³-hybridized carbons (Fsp3) is 0.250. The zero-order valence-corrected chi connectivity index (χ0v) is 11.9. The number of halogens is 1. The highest BCUT2D eigenvalue weighted by Crippen LogP contribution is 2.28. The van der Waals surface area contributed by atoms with Crippen molar-refractivity contribution in [1.29, 1.82) is 0 Å². The van der Waals surface area contributed by atoms with E-state index in [-0.39, 0.29) is 0 Å². The molecule has 5 nitrogen and oxygen atoms in total. The van der Waals surface area contributed by atoms with Crippen LogP contribution in [0.25, 0.3) is 5.69 Å². The topological polar surface area (TPSA) is 46.3 Å². The molecule has 7 heteroatoms. The molecule has 0 spiro atoms. The number of anilines is 1. The molecule has 0 radical (unpaired) electrons. The summed E-state index contributed by atoms with van der Waals surface area (Å²) in [6.07, 6.45) is 5.36. The van der Waals surface area contributed by atoms with Crippen molar-refractivity contribution in [1.82, 2.24) is 14.8 Å². The molecule has 2 aromatic rings. The van der Waals surface area contributed by atoms with Gasteiger partial charge in [0.15, 0.2) is 10.3 Å². The number of aliphatic imine (C=N–C) groups is 1. The maximum Gasteiger partial charge on any atom is 0.175 e. The lowest BCUT2D eigenvalue weighted by Crippen LogP contribution is -2.21. The average Bonchev–Trinajstić information content (AvgIpc) is 3.08. The SMILES string of the molecule is CN(C1=NCCS1)c1cn(-c2cccnc2)nc1Cl. The summed E-state index contributed by atoms with van der Waals surface area (Å²) in [6, 6.07) is 3.80. The van der Waals surface area contributed by atoms with Gasteiger partial charge in [-0.1, -0.05) is 23.4 Å². The van der Waals surface area contributed by atoms with E-state index in [9.17, 15) is 0 Å². The van der Waals surface area contributed by atoms with Gasteiger partial charge in [0.1, 0.15) is 5.69 Å². The molecule has 1 aliphatic heterocycles. The van der Waals surface area contributed by atoms with Crippen LogP contribution in [0.15, 0.2) is 35.7 Å². The summed E-state index contributed by atoms with van der Waals surface area (Å²) in [5.41, 5.74) is 1.73. The summed E-state index contributed by atoms with van der Waals surface area (Å²) in [4.78, 5) is 10.5. The van der Waals surface area contributed by atoms with Crippen LogP contribution in [-0.4, -0.2) is 39.3 Å². The Kier molecular flexibility index (Phi) is 3.44. The van der Waals surface area contributed by atoms with Gasteiger partial charge in [-0.25, -0.2) is 4.68 Å². The number of pyridine rings is 1. The van der Waals surface area contributed by atoms with Crippen LogP contribution >= 0.6 is 23.4 Å². The molecule has 0 N–H and O–H groups in total. The Labute approximate surface area is 120 Å². The fourth-order valence-electron chi connectivity index (χ4n) is 1.82.